The molecule has 3 rings (SSSR count). The van der Waals surface area contributed by atoms with E-state index in [0.717, 1.165) is 31.4 Å². The Hall–Kier alpha value is -2.89. The minimum absolute atomic E-state index is 0.0219. The number of nitrogens with zero attached hydrogens (tertiary/aromatic N) is 2. The molecule has 1 aliphatic carbocycles. The van der Waals surface area contributed by atoms with Gasteiger partial charge in [-0.3, -0.25) is 4.79 Å². The zero-order valence-corrected chi connectivity index (χ0v) is 15.7. The maximum Gasteiger partial charge on any atom is 0.341 e. The van der Waals surface area contributed by atoms with Crippen molar-refractivity contribution in [2.75, 3.05) is 5.32 Å². The molecule has 6 heteroatoms. The smallest absolute Gasteiger partial charge is 0.341 e. The molecule has 1 aromatic carbocycles. The van der Waals surface area contributed by atoms with Crippen LogP contribution in [0.25, 0.3) is 5.69 Å². The van der Waals surface area contributed by atoms with Crippen molar-refractivity contribution in [2.24, 2.45) is 11.3 Å². The predicted molar refractivity (Wildman–Crippen MR) is 104 cm³/mol. The number of benzene rings is 1. The number of carboxylic acids is 1. The summed E-state index contributed by atoms with van der Waals surface area (Å²) in [6.45, 7) is 8.10. The van der Waals surface area contributed by atoms with Crippen LogP contribution in [0.2, 0.25) is 0 Å². The Morgan fingerprint density at radius 3 is 2.41 bits per heavy atom. The maximum atomic E-state index is 13.2. The molecule has 0 bridgehead atoms. The first-order chi connectivity index (χ1) is 12.8. The van der Waals surface area contributed by atoms with Gasteiger partial charge in [0, 0.05) is 6.20 Å². The quantitative estimate of drug-likeness (QED) is 0.773. The Labute approximate surface area is 158 Å². The highest BCUT2D eigenvalue weighted by Crippen LogP contribution is 2.44. The van der Waals surface area contributed by atoms with Gasteiger partial charge in [0.1, 0.15) is 5.56 Å². The predicted octanol–water partition coefficient (Wildman–Crippen LogP) is 4.28. The maximum absolute atomic E-state index is 13.2. The second kappa shape index (κ2) is 7.39. The van der Waals surface area contributed by atoms with E-state index in [2.05, 4.69) is 17.0 Å². The fourth-order valence-corrected chi connectivity index (χ4v) is 3.68. The average molecular weight is 367 g/mol. The van der Waals surface area contributed by atoms with Crippen LogP contribution in [-0.2, 0) is 4.79 Å². The number of carbonyl (C=O) groups is 2. The molecular weight excluding hydrogens is 342 g/mol. The van der Waals surface area contributed by atoms with Gasteiger partial charge in [-0.05, 0) is 43.7 Å². The summed E-state index contributed by atoms with van der Waals surface area (Å²) >= 11 is 0. The Morgan fingerprint density at radius 1 is 1.22 bits per heavy atom. The molecular formula is C21H25N3O3. The molecule has 0 radical (unpaired) electrons. The second-order valence-electron chi connectivity index (χ2n) is 7.49. The molecule has 1 aliphatic rings. The van der Waals surface area contributed by atoms with Crippen LogP contribution in [0.15, 0.2) is 48.7 Å². The summed E-state index contributed by atoms with van der Waals surface area (Å²) in [7, 11) is 0. The molecule has 6 nitrogen and oxygen atoms in total. The number of aromatic carboxylic acids is 1. The van der Waals surface area contributed by atoms with Gasteiger partial charge in [-0.1, -0.05) is 44.2 Å². The van der Waals surface area contributed by atoms with E-state index in [-0.39, 0.29) is 23.2 Å². The van der Waals surface area contributed by atoms with Gasteiger partial charge in [0.15, 0.2) is 5.82 Å². The van der Waals surface area contributed by atoms with Gasteiger partial charge >= 0.3 is 5.97 Å². The number of amides is 1. The number of anilines is 1. The molecule has 0 aliphatic heterocycles. The van der Waals surface area contributed by atoms with Gasteiger partial charge in [-0.25, -0.2) is 9.48 Å². The van der Waals surface area contributed by atoms with Crippen LogP contribution >= 0.6 is 0 Å². The van der Waals surface area contributed by atoms with E-state index in [9.17, 15) is 14.7 Å². The third kappa shape index (κ3) is 3.65. The highest BCUT2D eigenvalue weighted by Gasteiger charge is 2.43. The molecule has 2 aromatic rings. The number of nitrogens with one attached hydrogen (secondary N) is 1. The van der Waals surface area contributed by atoms with Crippen molar-refractivity contribution in [2.45, 2.75) is 39.5 Å². The van der Waals surface area contributed by atoms with Gasteiger partial charge in [-0.15, -0.1) is 5.10 Å². The number of carbonyl (C=O) groups excluding carboxylic acids is 1. The van der Waals surface area contributed by atoms with E-state index in [4.69, 9.17) is 0 Å². The summed E-state index contributed by atoms with van der Waals surface area (Å²) in [6.07, 6.45) is 4.50. The van der Waals surface area contributed by atoms with Crippen molar-refractivity contribution in [1.82, 2.24) is 9.78 Å². The number of hydrogen-bond donors (Lipinski definition) is 2. The number of allylic oxidation sites excluding steroid dienone is 1. The molecule has 0 atom stereocenters. The molecule has 1 amide bonds. The Kier molecular flexibility index (Phi) is 5.17. The minimum atomic E-state index is -1.12. The minimum Gasteiger partial charge on any atom is -0.477 e. The summed E-state index contributed by atoms with van der Waals surface area (Å²) in [4.78, 5) is 24.8. The molecule has 142 valence electrons. The Balaban J connectivity index is 1.92. The van der Waals surface area contributed by atoms with Crippen molar-refractivity contribution < 1.29 is 14.7 Å². The summed E-state index contributed by atoms with van der Waals surface area (Å²) in [6, 6.07) is 9.22. The fourth-order valence-electron chi connectivity index (χ4n) is 3.68. The molecule has 0 spiro atoms. The van der Waals surface area contributed by atoms with Gasteiger partial charge < -0.3 is 10.4 Å². The topological polar surface area (TPSA) is 84.2 Å². The van der Waals surface area contributed by atoms with Crippen molar-refractivity contribution in [1.29, 1.82) is 0 Å². The lowest BCUT2D eigenvalue weighted by atomic mass is 9.65. The average Bonchev–Trinajstić information content (AvgIpc) is 3.07. The summed E-state index contributed by atoms with van der Waals surface area (Å²) in [5, 5.41) is 16.7. The van der Waals surface area contributed by atoms with Crippen LogP contribution in [-0.4, -0.2) is 26.8 Å². The van der Waals surface area contributed by atoms with Gasteiger partial charge in [0.05, 0.1) is 11.1 Å². The molecule has 27 heavy (non-hydrogen) atoms. The van der Waals surface area contributed by atoms with E-state index in [1.807, 2.05) is 44.2 Å². The van der Waals surface area contributed by atoms with Crippen molar-refractivity contribution in [3.63, 3.8) is 0 Å². The van der Waals surface area contributed by atoms with Crippen LogP contribution < -0.4 is 5.32 Å². The van der Waals surface area contributed by atoms with E-state index >= 15 is 0 Å². The van der Waals surface area contributed by atoms with Gasteiger partial charge in [0.2, 0.25) is 5.91 Å². The van der Waals surface area contributed by atoms with E-state index in [1.165, 1.54) is 16.5 Å². The monoisotopic (exact) mass is 367 g/mol. The third-order valence-corrected chi connectivity index (χ3v) is 5.60. The zero-order valence-electron chi connectivity index (χ0n) is 15.7. The first-order valence-corrected chi connectivity index (χ1v) is 9.20. The molecule has 2 N–H and O–H groups in total. The molecule has 1 saturated carbocycles. The standard InChI is InChI=1S/C21H25N3O3/c1-14(2)21(11-9-15(3)10-12-21)20(27)22-18-17(19(25)26)13-24(23-18)16-7-5-4-6-8-16/h4-8,13-14H,3,9-12H2,1-2H3,(H,25,26)(H,22,23,27). The lowest BCUT2D eigenvalue weighted by Crippen LogP contribution is -2.42. The van der Waals surface area contributed by atoms with Crippen molar-refractivity contribution >= 4 is 17.7 Å². The van der Waals surface area contributed by atoms with E-state index in [0.29, 0.717) is 0 Å². The number of carboxylic acid groups (broad SMARTS) is 1. The van der Waals surface area contributed by atoms with Crippen molar-refractivity contribution in [3.05, 3.63) is 54.2 Å². The van der Waals surface area contributed by atoms with Crippen LogP contribution in [0.4, 0.5) is 5.82 Å². The summed E-state index contributed by atoms with van der Waals surface area (Å²) in [5.74, 6) is -1.07. The SMILES string of the molecule is C=C1CCC(C(=O)Nc2nn(-c3ccccc3)cc2C(=O)O)(C(C)C)CC1. The normalized spacial score (nSPS) is 16.3. The lowest BCUT2D eigenvalue weighted by molar-refractivity contribution is -0.129. The zero-order chi connectivity index (χ0) is 19.6. The highest BCUT2D eigenvalue weighted by atomic mass is 16.4. The Bertz CT molecular complexity index is 858. The molecule has 1 aromatic heterocycles. The second-order valence-corrected chi connectivity index (χ2v) is 7.49. The highest BCUT2D eigenvalue weighted by molar-refractivity contribution is 6.01. The van der Waals surface area contributed by atoms with Crippen molar-refractivity contribution in [3.8, 4) is 5.69 Å². The summed E-state index contributed by atoms with van der Waals surface area (Å²) in [5.41, 5.74) is 1.34. The van der Waals surface area contributed by atoms with Crippen LogP contribution in [0.1, 0.15) is 49.9 Å². The third-order valence-electron chi connectivity index (χ3n) is 5.60. The Morgan fingerprint density at radius 2 is 1.85 bits per heavy atom. The number of hydrogen-bond acceptors (Lipinski definition) is 3. The summed E-state index contributed by atoms with van der Waals surface area (Å²) < 4.78 is 1.48. The number of aromatic nitrogens is 2. The molecule has 1 heterocycles. The largest absolute Gasteiger partial charge is 0.477 e. The van der Waals surface area contributed by atoms with E-state index < -0.39 is 11.4 Å². The molecule has 1 fully saturated rings. The van der Waals surface area contributed by atoms with Crippen LogP contribution in [0, 0.1) is 11.3 Å². The van der Waals surface area contributed by atoms with Gasteiger partial charge in [0.25, 0.3) is 0 Å². The van der Waals surface area contributed by atoms with Gasteiger partial charge in [-0.2, -0.15) is 0 Å². The molecule has 0 saturated heterocycles. The number of rotatable bonds is 5. The molecule has 0 unspecified atom stereocenters. The van der Waals surface area contributed by atoms with Crippen LogP contribution in [0.3, 0.4) is 0 Å². The van der Waals surface area contributed by atoms with E-state index in [1.54, 1.807) is 0 Å². The first kappa shape index (κ1) is 18.9. The fraction of sp³-hybridized carbons (Fsp3) is 0.381. The lowest BCUT2D eigenvalue weighted by Gasteiger charge is -2.39. The first-order valence-electron chi connectivity index (χ1n) is 9.20. The van der Waals surface area contributed by atoms with Crippen LogP contribution in [0.5, 0.6) is 0 Å². The number of para-hydroxylation sites is 1.